The predicted molar refractivity (Wildman–Crippen MR) is 161 cm³/mol. The number of hydrogen-bond donors (Lipinski definition) is 4. The van der Waals surface area contributed by atoms with E-state index in [4.69, 9.17) is 9.47 Å². The van der Waals surface area contributed by atoms with Crippen LogP contribution in [0.2, 0.25) is 0 Å². The van der Waals surface area contributed by atoms with Crippen molar-refractivity contribution in [3.63, 3.8) is 0 Å². The topological polar surface area (TPSA) is 172 Å². The van der Waals surface area contributed by atoms with E-state index >= 15 is 0 Å². The van der Waals surface area contributed by atoms with Crippen molar-refractivity contribution in [1.29, 1.82) is 0 Å². The summed E-state index contributed by atoms with van der Waals surface area (Å²) in [5, 5.41) is 10.7. The largest absolute Gasteiger partial charge is 0.467 e. The Morgan fingerprint density at radius 1 is 0.837 bits per heavy atom. The van der Waals surface area contributed by atoms with E-state index in [0.29, 0.717) is 19.4 Å². The molecule has 13 heteroatoms. The predicted octanol–water partition coefficient (Wildman–Crippen LogP) is 2.02. The van der Waals surface area contributed by atoms with Crippen molar-refractivity contribution in [2.24, 2.45) is 11.8 Å². The Hall–Kier alpha value is -3.38. The van der Waals surface area contributed by atoms with Gasteiger partial charge in [-0.2, -0.15) is 0 Å². The van der Waals surface area contributed by atoms with E-state index < -0.39 is 70.5 Å². The first-order chi connectivity index (χ1) is 19.5. The Kier molecular flexibility index (Phi) is 13.0. The van der Waals surface area contributed by atoms with Crippen LogP contribution in [0.25, 0.3) is 0 Å². The molecule has 4 N–H and O–H groups in total. The minimum atomic E-state index is -1.44. The molecule has 0 saturated carbocycles. The van der Waals surface area contributed by atoms with E-state index in [1.807, 2.05) is 13.8 Å². The van der Waals surface area contributed by atoms with Gasteiger partial charge in [0.2, 0.25) is 23.6 Å². The maximum Gasteiger partial charge on any atom is 0.410 e. The van der Waals surface area contributed by atoms with Gasteiger partial charge in [-0.05, 0) is 79.6 Å². The number of ether oxygens (including phenoxy) is 2. The zero-order valence-corrected chi connectivity index (χ0v) is 27.9. The van der Waals surface area contributed by atoms with Crippen molar-refractivity contribution in [1.82, 2.24) is 26.2 Å². The first kappa shape index (κ1) is 37.6. The highest BCUT2D eigenvalue weighted by Gasteiger charge is 2.41. The highest BCUT2D eigenvalue weighted by molar-refractivity contribution is 5.98. The van der Waals surface area contributed by atoms with Crippen molar-refractivity contribution in [3.05, 3.63) is 0 Å². The molecule has 13 nitrogen and oxygen atoms in total. The molecular formula is C30H53N5O8. The molecule has 0 aromatic heterocycles. The van der Waals surface area contributed by atoms with Gasteiger partial charge in [0.05, 0.1) is 7.11 Å². The Morgan fingerprint density at radius 2 is 1.37 bits per heavy atom. The molecule has 1 fully saturated rings. The Bertz CT molecular complexity index is 1050. The molecule has 3 atom stereocenters. The minimum absolute atomic E-state index is 0.00351. The quantitative estimate of drug-likeness (QED) is 0.243. The van der Waals surface area contributed by atoms with Crippen LogP contribution in [-0.4, -0.2) is 89.1 Å². The molecule has 0 aliphatic carbocycles. The average Bonchev–Trinajstić information content (AvgIpc) is 3.34. The third kappa shape index (κ3) is 11.3. The molecule has 0 aromatic carbocycles. The van der Waals surface area contributed by atoms with Gasteiger partial charge in [-0.15, -0.1) is 0 Å². The van der Waals surface area contributed by atoms with Gasteiger partial charge in [-0.1, -0.05) is 27.7 Å². The molecule has 0 radical (unpaired) electrons. The smallest absolute Gasteiger partial charge is 0.410 e. The fourth-order valence-electron chi connectivity index (χ4n) is 4.47. The number of methoxy groups -OCH3 is 1. The molecule has 0 unspecified atom stereocenters. The molecule has 246 valence electrons. The van der Waals surface area contributed by atoms with Crippen LogP contribution in [-0.2, 0) is 33.4 Å². The maximum atomic E-state index is 13.4. The molecule has 1 aliphatic heterocycles. The van der Waals surface area contributed by atoms with Gasteiger partial charge >= 0.3 is 12.1 Å². The summed E-state index contributed by atoms with van der Waals surface area (Å²) < 4.78 is 10.2. The summed E-state index contributed by atoms with van der Waals surface area (Å²) >= 11 is 0. The highest BCUT2D eigenvalue weighted by Crippen LogP contribution is 2.22. The zero-order chi connectivity index (χ0) is 33.5. The molecule has 1 aliphatic rings. The summed E-state index contributed by atoms with van der Waals surface area (Å²) in [6.45, 7) is 18.9. The van der Waals surface area contributed by atoms with Crippen molar-refractivity contribution >= 4 is 35.7 Å². The molecule has 0 bridgehead atoms. The molecule has 0 aromatic rings. The number of rotatable bonds is 12. The average molecular weight is 612 g/mol. The number of amides is 5. The second kappa shape index (κ2) is 14.9. The standard InChI is InChI=1S/C30H53N5O8/c1-17(2)16-19(22(36)33-30(10,11)26(40)32-21(18(3)4)24(38)42-12)31-25(39)29(8,9)34-23(37)20-14-13-15-35(20)27(41)43-28(5,6)7/h17-21H,13-16H2,1-12H3,(H,31,39)(H,32,40)(H,33,36)(H,34,37)/t19-,20+,21-/m1/s1. The van der Waals surface area contributed by atoms with Crippen molar-refractivity contribution in [2.75, 3.05) is 13.7 Å². The monoisotopic (exact) mass is 611 g/mol. The van der Waals surface area contributed by atoms with Gasteiger partial charge in [0.15, 0.2) is 0 Å². The lowest BCUT2D eigenvalue weighted by atomic mass is 9.96. The Morgan fingerprint density at radius 3 is 1.86 bits per heavy atom. The Labute approximate surface area is 255 Å². The van der Waals surface area contributed by atoms with E-state index in [9.17, 15) is 28.8 Å². The van der Waals surface area contributed by atoms with E-state index in [0.717, 1.165) is 0 Å². The molecule has 5 amide bonds. The van der Waals surface area contributed by atoms with Gasteiger partial charge in [0, 0.05) is 6.54 Å². The van der Waals surface area contributed by atoms with Crippen LogP contribution in [0.3, 0.4) is 0 Å². The van der Waals surface area contributed by atoms with Crippen LogP contribution < -0.4 is 21.3 Å². The summed E-state index contributed by atoms with van der Waals surface area (Å²) in [6, 6.07) is -2.73. The summed E-state index contributed by atoms with van der Waals surface area (Å²) in [4.78, 5) is 79.2. The van der Waals surface area contributed by atoms with Crippen LogP contribution in [0.5, 0.6) is 0 Å². The number of esters is 1. The number of carbonyl (C=O) groups is 6. The highest BCUT2D eigenvalue weighted by atomic mass is 16.6. The summed E-state index contributed by atoms with van der Waals surface area (Å²) in [5.74, 6) is -3.18. The van der Waals surface area contributed by atoms with Crippen LogP contribution in [0.15, 0.2) is 0 Å². The van der Waals surface area contributed by atoms with Gasteiger partial charge in [0.25, 0.3) is 0 Å². The van der Waals surface area contributed by atoms with Gasteiger partial charge < -0.3 is 30.7 Å². The molecule has 43 heavy (non-hydrogen) atoms. The second-order valence-electron chi connectivity index (χ2n) is 13.9. The fraction of sp³-hybridized carbons (Fsp3) is 0.800. The molecule has 1 saturated heterocycles. The molecular weight excluding hydrogens is 558 g/mol. The van der Waals surface area contributed by atoms with Gasteiger partial charge in [-0.3, -0.25) is 24.1 Å². The minimum Gasteiger partial charge on any atom is -0.467 e. The van der Waals surface area contributed by atoms with Crippen molar-refractivity contribution in [2.45, 2.75) is 130 Å². The lowest BCUT2D eigenvalue weighted by Crippen LogP contribution is -2.64. The molecule has 0 spiro atoms. The Balaban J connectivity index is 3.01. The van der Waals surface area contributed by atoms with Gasteiger partial charge in [0.1, 0.15) is 34.8 Å². The second-order valence-corrected chi connectivity index (χ2v) is 13.9. The van der Waals surface area contributed by atoms with Crippen molar-refractivity contribution in [3.8, 4) is 0 Å². The van der Waals surface area contributed by atoms with Crippen LogP contribution in [0, 0.1) is 11.8 Å². The third-order valence-corrected chi connectivity index (χ3v) is 6.93. The summed E-state index contributed by atoms with van der Waals surface area (Å²) in [5.41, 5.74) is -3.60. The maximum absolute atomic E-state index is 13.4. The van der Waals surface area contributed by atoms with E-state index in [1.54, 1.807) is 34.6 Å². The summed E-state index contributed by atoms with van der Waals surface area (Å²) in [7, 11) is 1.23. The SMILES string of the molecule is COC(=O)[C@H](NC(=O)C(C)(C)NC(=O)[C@@H](CC(C)C)NC(=O)C(C)(C)NC(=O)[C@@H]1CCCN1C(=O)OC(C)(C)C)C(C)C. The summed E-state index contributed by atoms with van der Waals surface area (Å²) in [6.07, 6.45) is 0.692. The number of nitrogens with one attached hydrogen (secondary N) is 4. The van der Waals surface area contributed by atoms with Crippen LogP contribution in [0.4, 0.5) is 4.79 Å². The van der Waals surface area contributed by atoms with Crippen molar-refractivity contribution < 1.29 is 38.2 Å². The molecule has 1 rings (SSSR count). The zero-order valence-electron chi connectivity index (χ0n) is 27.9. The number of carbonyl (C=O) groups excluding carboxylic acids is 6. The lowest BCUT2D eigenvalue weighted by molar-refractivity contribution is -0.147. The van der Waals surface area contributed by atoms with E-state index in [2.05, 4.69) is 21.3 Å². The number of likely N-dealkylation sites (tertiary alicyclic amines) is 1. The first-order valence-corrected chi connectivity index (χ1v) is 14.9. The van der Waals surface area contributed by atoms with Crippen LogP contribution >= 0.6 is 0 Å². The third-order valence-electron chi connectivity index (χ3n) is 6.93. The molecule has 1 heterocycles. The van der Waals surface area contributed by atoms with E-state index in [1.165, 1.54) is 39.7 Å². The number of hydrogen-bond acceptors (Lipinski definition) is 8. The van der Waals surface area contributed by atoms with Gasteiger partial charge in [-0.25, -0.2) is 9.59 Å². The first-order valence-electron chi connectivity index (χ1n) is 14.9. The van der Waals surface area contributed by atoms with E-state index in [-0.39, 0.29) is 18.3 Å². The normalized spacial score (nSPS) is 17.2. The van der Waals surface area contributed by atoms with Crippen LogP contribution in [0.1, 0.15) is 95.4 Å². The fourth-order valence-corrected chi connectivity index (χ4v) is 4.47. The number of nitrogens with zero attached hydrogens (tertiary/aromatic N) is 1. The lowest BCUT2D eigenvalue weighted by Gasteiger charge is -2.33.